The predicted molar refractivity (Wildman–Crippen MR) is 73.0 cm³/mol. The van der Waals surface area contributed by atoms with Gasteiger partial charge in [0.1, 0.15) is 0 Å². The molecule has 0 saturated heterocycles. The lowest BCUT2D eigenvalue weighted by molar-refractivity contribution is 0.550. The summed E-state index contributed by atoms with van der Waals surface area (Å²) in [6.07, 6.45) is 4.72. The molecule has 0 fully saturated rings. The molecule has 88 valence electrons. The van der Waals surface area contributed by atoms with E-state index in [9.17, 15) is 0 Å². The van der Waals surface area contributed by atoms with Crippen LogP contribution in [0.15, 0.2) is 49.2 Å². The molecule has 0 amide bonds. The second kappa shape index (κ2) is 5.60. The highest BCUT2D eigenvalue weighted by atomic mass is 14.9. The highest BCUT2D eigenvalue weighted by molar-refractivity contribution is 5.84. The number of aromatic nitrogens is 1. The Morgan fingerprint density at radius 2 is 2.18 bits per heavy atom. The zero-order chi connectivity index (χ0) is 12.1. The smallest absolute Gasteiger partial charge is 0.0654 e. The quantitative estimate of drug-likeness (QED) is 0.790. The average molecular weight is 226 g/mol. The maximum Gasteiger partial charge on any atom is 0.0654 e. The van der Waals surface area contributed by atoms with Crippen LogP contribution in [0.5, 0.6) is 0 Å². The van der Waals surface area contributed by atoms with Crippen molar-refractivity contribution in [3.8, 4) is 0 Å². The van der Waals surface area contributed by atoms with E-state index in [1.54, 1.807) is 0 Å². The highest BCUT2D eigenvalue weighted by Crippen LogP contribution is 2.24. The Bertz CT molecular complexity index is 500. The Morgan fingerprint density at radius 3 is 2.94 bits per heavy atom. The maximum atomic E-state index is 4.53. The van der Waals surface area contributed by atoms with Crippen LogP contribution in [0.4, 0.5) is 0 Å². The maximum absolute atomic E-state index is 4.53. The summed E-state index contributed by atoms with van der Waals surface area (Å²) in [6.45, 7) is 6.87. The molecular weight excluding hydrogens is 208 g/mol. The summed E-state index contributed by atoms with van der Waals surface area (Å²) in [4.78, 5) is 4.53. The van der Waals surface area contributed by atoms with Gasteiger partial charge in [0.15, 0.2) is 0 Å². The van der Waals surface area contributed by atoms with Gasteiger partial charge in [-0.05, 0) is 24.4 Å². The summed E-state index contributed by atoms with van der Waals surface area (Å²) in [6, 6.07) is 10.7. The first-order chi connectivity index (χ1) is 8.36. The van der Waals surface area contributed by atoms with E-state index in [4.69, 9.17) is 0 Å². The largest absolute Gasteiger partial charge is 0.309 e. The number of nitrogens with zero attached hydrogens (tertiary/aromatic N) is 1. The van der Waals surface area contributed by atoms with Gasteiger partial charge in [0.05, 0.1) is 11.7 Å². The molecule has 2 rings (SSSR count). The van der Waals surface area contributed by atoms with Crippen LogP contribution in [-0.4, -0.2) is 11.5 Å². The molecule has 0 aliphatic heterocycles. The van der Waals surface area contributed by atoms with Crippen molar-refractivity contribution in [2.24, 2.45) is 0 Å². The molecule has 1 aromatic carbocycles. The fourth-order valence-electron chi connectivity index (χ4n) is 2.13. The van der Waals surface area contributed by atoms with Gasteiger partial charge in [-0.25, -0.2) is 0 Å². The predicted octanol–water partition coefficient (Wildman–Crippen LogP) is 3.46. The third kappa shape index (κ3) is 2.53. The van der Waals surface area contributed by atoms with Gasteiger partial charge in [-0.1, -0.05) is 37.3 Å². The summed E-state index contributed by atoms with van der Waals surface area (Å²) in [5.41, 5.74) is 1.12. The van der Waals surface area contributed by atoms with Crippen molar-refractivity contribution in [3.05, 3.63) is 54.9 Å². The van der Waals surface area contributed by atoms with Crippen LogP contribution in [0.2, 0.25) is 0 Å². The summed E-state index contributed by atoms with van der Waals surface area (Å²) in [5.74, 6) is 0. The molecule has 2 heteroatoms. The third-order valence-corrected chi connectivity index (χ3v) is 2.89. The van der Waals surface area contributed by atoms with Crippen LogP contribution in [0.25, 0.3) is 10.8 Å². The molecule has 1 unspecified atom stereocenters. The minimum atomic E-state index is 0.253. The second-order valence-corrected chi connectivity index (χ2v) is 4.05. The normalized spacial score (nSPS) is 12.5. The van der Waals surface area contributed by atoms with Crippen LogP contribution in [-0.2, 0) is 0 Å². The van der Waals surface area contributed by atoms with E-state index in [1.807, 2.05) is 12.3 Å². The molecule has 0 radical (unpaired) electrons. The van der Waals surface area contributed by atoms with Gasteiger partial charge in [-0.15, -0.1) is 6.58 Å². The molecule has 0 aliphatic carbocycles. The Labute approximate surface area is 102 Å². The summed E-state index contributed by atoms with van der Waals surface area (Å²) < 4.78 is 0. The van der Waals surface area contributed by atoms with Crippen molar-refractivity contribution in [1.29, 1.82) is 0 Å². The zero-order valence-corrected chi connectivity index (χ0v) is 10.2. The molecule has 17 heavy (non-hydrogen) atoms. The molecule has 1 heterocycles. The Balaban J connectivity index is 2.48. The van der Waals surface area contributed by atoms with Crippen molar-refractivity contribution in [2.75, 3.05) is 6.54 Å². The van der Waals surface area contributed by atoms with Gasteiger partial charge < -0.3 is 5.32 Å². The minimum Gasteiger partial charge on any atom is -0.309 e. The van der Waals surface area contributed by atoms with Crippen molar-refractivity contribution in [2.45, 2.75) is 19.4 Å². The molecule has 1 aromatic heterocycles. The SMILES string of the molecule is C=CCC(NCC)c1nccc2ccccc12. The van der Waals surface area contributed by atoms with Gasteiger partial charge in [-0.2, -0.15) is 0 Å². The number of hydrogen-bond acceptors (Lipinski definition) is 2. The van der Waals surface area contributed by atoms with E-state index in [1.165, 1.54) is 10.8 Å². The lowest BCUT2D eigenvalue weighted by Gasteiger charge is -2.17. The summed E-state index contributed by atoms with van der Waals surface area (Å²) in [5, 5.41) is 5.92. The molecular formula is C15H18N2. The van der Waals surface area contributed by atoms with Crippen LogP contribution >= 0.6 is 0 Å². The lowest BCUT2D eigenvalue weighted by Crippen LogP contribution is -2.21. The van der Waals surface area contributed by atoms with Crippen LogP contribution in [0, 0.1) is 0 Å². The van der Waals surface area contributed by atoms with E-state index in [-0.39, 0.29) is 6.04 Å². The first-order valence-electron chi connectivity index (χ1n) is 6.04. The lowest BCUT2D eigenvalue weighted by atomic mass is 10.0. The molecule has 2 nitrogen and oxygen atoms in total. The van der Waals surface area contributed by atoms with Gasteiger partial charge >= 0.3 is 0 Å². The number of pyridine rings is 1. The number of fused-ring (bicyclic) bond motifs is 1. The molecule has 0 spiro atoms. The van der Waals surface area contributed by atoms with Crippen LogP contribution in [0.1, 0.15) is 25.1 Å². The zero-order valence-electron chi connectivity index (χ0n) is 10.2. The molecule has 0 saturated carbocycles. The average Bonchev–Trinajstić information content (AvgIpc) is 2.38. The number of benzene rings is 1. The molecule has 0 bridgehead atoms. The van der Waals surface area contributed by atoms with Crippen LogP contribution in [0.3, 0.4) is 0 Å². The van der Waals surface area contributed by atoms with Crippen molar-refractivity contribution in [3.63, 3.8) is 0 Å². The Morgan fingerprint density at radius 1 is 1.35 bits per heavy atom. The van der Waals surface area contributed by atoms with E-state index in [0.29, 0.717) is 0 Å². The van der Waals surface area contributed by atoms with E-state index >= 15 is 0 Å². The molecule has 0 aliphatic rings. The first-order valence-corrected chi connectivity index (χ1v) is 6.04. The molecule has 1 atom stereocenters. The summed E-state index contributed by atoms with van der Waals surface area (Å²) >= 11 is 0. The minimum absolute atomic E-state index is 0.253. The van der Waals surface area contributed by atoms with Gasteiger partial charge in [0.2, 0.25) is 0 Å². The van der Waals surface area contributed by atoms with Gasteiger partial charge in [0.25, 0.3) is 0 Å². The monoisotopic (exact) mass is 226 g/mol. The van der Waals surface area contributed by atoms with E-state index in [0.717, 1.165) is 18.7 Å². The van der Waals surface area contributed by atoms with Gasteiger partial charge in [-0.3, -0.25) is 4.98 Å². The second-order valence-electron chi connectivity index (χ2n) is 4.05. The standard InChI is InChI=1S/C15H18N2/c1-3-7-14(16-4-2)15-13-9-6-5-8-12(13)10-11-17-15/h3,5-6,8-11,14,16H,1,4,7H2,2H3. The van der Waals surface area contributed by atoms with Crippen molar-refractivity contribution < 1.29 is 0 Å². The molecule has 2 aromatic rings. The topological polar surface area (TPSA) is 24.9 Å². The Hall–Kier alpha value is -1.67. The Kier molecular flexibility index (Phi) is 3.89. The van der Waals surface area contributed by atoms with Crippen molar-refractivity contribution >= 4 is 10.8 Å². The van der Waals surface area contributed by atoms with Crippen LogP contribution < -0.4 is 5.32 Å². The number of rotatable bonds is 5. The van der Waals surface area contributed by atoms with E-state index < -0.39 is 0 Å². The summed E-state index contributed by atoms with van der Waals surface area (Å²) in [7, 11) is 0. The van der Waals surface area contributed by atoms with E-state index in [2.05, 4.69) is 54.1 Å². The molecule has 1 N–H and O–H groups in total. The highest BCUT2D eigenvalue weighted by Gasteiger charge is 2.12. The first kappa shape index (κ1) is 11.8. The van der Waals surface area contributed by atoms with Crippen molar-refractivity contribution in [1.82, 2.24) is 10.3 Å². The van der Waals surface area contributed by atoms with Gasteiger partial charge in [0, 0.05) is 11.6 Å². The fraction of sp³-hybridized carbons (Fsp3) is 0.267. The number of hydrogen-bond donors (Lipinski definition) is 1. The number of nitrogens with one attached hydrogen (secondary N) is 1. The fourth-order valence-corrected chi connectivity index (χ4v) is 2.13. The third-order valence-electron chi connectivity index (χ3n) is 2.89.